The van der Waals surface area contributed by atoms with Crippen molar-refractivity contribution in [2.24, 2.45) is 5.92 Å². The van der Waals surface area contributed by atoms with E-state index in [4.69, 9.17) is 0 Å². The Hall–Kier alpha value is -3.81. The smallest absolute Gasteiger partial charge is 0.356 e. The van der Waals surface area contributed by atoms with E-state index in [2.05, 4.69) is 0 Å². The average molecular weight is 548 g/mol. The average Bonchev–Trinajstić information content (AvgIpc) is 2.92. The van der Waals surface area contributed by atoms with E-state index < -0.39 is 31.5 Å². The molecule has 1 amide bonds. The van der Waals surface area contributed by atoms with Gasteiger partial charge in [0.25, 0.3) is 0 Å². The zero-order valence-corrected chi connectivity index (χ0v) is 21.7. The van der Waals surface area contributed by atoms with Crippen LogP contribution in [0.15, 0.2) is 97.1 Å². The van der Waals surface area contributed by atoms with Crippen molar-refractivity contribution in [2.75, 3.05) is 4.90 Å². The lowest BCUT2D eigenvalue weighted by Gasteiger charge is -2.48. The van der Waals surface area contributed by atoms with E-state index >= 15 is 0 Å². The number of anilines is 1. The van der Waals surface area contributed by atoms with Gasteiger partial charge in [0.2, 0.25) is 5.91 Å². The fourth-order valence-corrected chi connectivity index (χ4v) is 5.68. The van der Waals surface area contributed by atoms with Gasteiger partial charge in [-0.2, -0.15) is 0 Å². The van der Waals surface area contributed by atoms with E-state index in [1.54, 1.807) is 29.2 Å². The summed E-state index contributed by atoms with van der Waals surface area (Å²) in [6.45, 7) is 0. The number of phenolic OH excluding ortho intramolecular Hbond substituents is 1. The molecular formula is C30H27FNO6P. The highest BCUT2D eigenvalue weighted by atomic mass is 31.2. The molecule has 1 heterocycles. The Morgan fingerprint density at radius 3 is 2.23 bits per heavy atom. The van der Waals surface area contributed by atoms with E-state index in [0.717, 1.165) is 0 Å². The van der Waals surface area contributed by atoms with Crippen molar-refractivity contribution < 1.29 is 33.7 Å². The Kier molecular flexibility index (Phi) is 7.38. The number of halogens is 1. The Morgan fingerprint density at radius 2 is 1.56 bits per heavy atom. The molecule has 5 rings (SSSR count). The molecule has 4 aromatic carbocycles. The molecule has 9 heteroatoms. The first kappa shape index (κ1) is 26.8. The molecule has 3 atom stereocenters. The second-order valence-corrected chi connectivity index (χ2v) is 11.2. The molecule has 1 fully saturated rings. The van der Waals surface area contributed by atoms with Gasteiger partial charge < -0.3 is 24.9 Å². The van der Waals surface area contributed by atoms with Crippen LogP contribution in [-0.4, -0.2) is 25.9 Å². The normalized spacial score (nSPS) is 18.1. The second kappa shape index (κ2) is 10.8. The molecular weight excluding hydrogens is 520 g/mol. The second-order valence-electron chi connectivity index (χ2n) is 9.61. The molecule has 4 N–H and O–H groups in total. The molecule has 200 valence electrons. The van der Waals surface area contributed by atoms with E-state index in [1.807, 2.05) is 30.3 Å². The molecule has 39 heavy (non-hydrogen) atoms. The third kappa shape index (κ3) is 5.51. The van der Waals surface area contributed by atoms with Crippen LogP contribution in [0.1, 0.15) is 36.1 Å². The third-order valence-electron chi connectivity index (χ3n) is 7.12. The topological polar surface area (TPSA) is 118 Å². The van der Waals surface area contributed by atoms with Crippen molar-refractivity contribution in [3.63, 3.8) is 0 Å². The number of aliphatic hydroxyl groups is 1. The lowest BCUT2D eigenvalue weighted by Crippen LogP contribution is -2.55. The lowest BCUT2D eigenvalue weighted by atomic mass is 9.77. The molecule has 1 aliphatic rings. The molecule has 3 unspecified atom stereocenters. The number of hydrogen-bond acceptors (Lipinski definition) is 4. The summed E-state index contributed by atoms with van der Waals surface area (Å²) in [4.78, 5) is 34.0. The number of carbonyl (C=O) groups excluding carboxylic acids is 1. The number of carbonyl (C=O) groups is 1. The summed E-state index contributed by atoms with van der Waals surface area (Å²) >= 11 is 0. The molecule has 1 aliphatic heterocycles. The van der Waals surface area contributed by atoms with Crippen molar-refractivity contribution in [1.82, 2.24) is 0 Å². The minimum Gasteiger partial charge on any atom is -0.508 e. The first-order valence-corrected chi connectivity index (χ1v) is 14.1. The van der Waals surface area contributed by atoms with Crippen LogP contribution in [-0.2, 0) is 9.36 Å². The van der Waals surface area contributed by atoms with Crippen LogP contribution >= 0.6 is 7.60 Å². The number of benzene rings is 4. The maximum absolute atomic E-state index is 13.3. The maximum Gasteiger partial charge on any atom is 0.356 e. The maximum atomic E-state index is 13.3. The number of amides is 1. The predicted molar refractivity (Wildman–Crippen MR) is 146 cm³/mol. The Balaban J connectivity index is 1.44. The van der Waals surface area contributed by atoms with Crippen LogP contribution in [0.25, 0.3) is 11.1 Å². The van der Waals surface area contributed by atoms with Gasteiger partial charge in [-0.15, -0.1) is 0 Å². The number of β-lactam (4-membered cyclic amide) rings is 1. The fraction of sp³-hybridized carbons (Fsp3) is 0.167. The van der Waals surface area contributed by atoms with Crippen molar-refractivity contribution in [3.05, 3.63) is 114 Å². The summed E-state index contributed by atoms with van der Waals surface area (Å²) < 4.78 is 25.0. The van der Waals surface area contributed by atoms with Crippen molar-refractivity contribution in [3.8, 4) is 16.9 Å². The minimum atomic E-state index is -4.44. The molecule has 0 saturated carbocycles. The SMILES string of the molecule is O=C1C(CCC(O)c2ccc(F)cc2)C(c2ccc(-c3cccc(P(=O)(O)O)c3)cc2O)N1c1ccccc1. The summed E-state index contributed by atoms with van der Waals surface area (Å²) in [5, 5.41) is 21.6. The van der Waals surface area contributed by atoms with Gasteiger partial charge in [0.15, 0.2) is 0 Å². The molecule has 0 aliphatic carbocycles. The van der Waals surface area contributed by atoms with Crippen molar-refractivity contribution in [2.45, 2.75) is 25.0 Å². The largest absolute Gasteiger partial charge is 0.508 e. The third-order valence-corrected chi connectivity index (χ3v) is 8.07. The first-order valence-electron chi connectivity index (χ1n) is 12.4. The number of aromatic hydroxyl groups is 1. The number of nitrogens with zero attached hydrogens (tertiary/aromatic N) is 1. The van der Waals surface area contributed by atoms with Gasteiger partial charge in [-0.1, -0.05) is 54.6 Å². The van der Waals surface area contributed by atoms with Crippen molar-refractivity contribution >= 4 is 24.5 Å². The van der Waals surface area contributed by atoms with Gasteiger partial charge in [0, 0.05) is 11.3 Å². The summed E-state index contributed by atoms with van der Waals surface area (Å²) in [7, 11) is -4.44. The van der Waals surface area contributed by atoms with Crippen LogP contribution in [0.2, 0.25) is 0 Å². The summed E-state index contributed by atoms with van der Waals surface area (Å²) in [6, 6.07) is 25.2. The van der Waals surface area contributed by atoms with Gasteiger partial charge in [-0.3, -0.25) is 9.36 Å². The summed E-state index contributed by atoms with van der Waals surface area (Å²) in [6.07, 6.45) is -0.256. The van der Waals surface area contributed by atoms with Crippen LogP contribution in [0.4, 0.5) is 10.1 Å². The van der Waals surface area contributed by atoms with Crippen LogP contribution in [0, 0.1) is 11.7 Å². The highest BCUT2D eigenvalue weighted by Crippen LogP contribution is 2.49. The van der Waals surface area contributed by atoms with E-state index in [0.29, 0.717) is 34.4 Å². The van der Waals surface area contributed by atoms with Gasteiger partial charge in [0.05, 0.1) is 23.4 Å². The molecule has 0 radical (unpaired) electrons. The molecule has 0 bridgehead atoms. The van der Waals surface area contributed by atoms with Gasteiger partial charge in [-0.25, -0.2) is 4.39 Å². The number of hydrogen-bond donors (Lipinski definition) is 4. The molecule has 7 nitrogen and oxygen atoms in total. The number of phenols is 1. The molecule has 0 aromatic heterocycles. The highest BCUT2D eigenvalue weighted by molar-refractivity contribution is 7.60. The van der Waals surface area contributed by atoms with Crippen LogP contribution < -0.4 is 10.2 Å². The zero-order valence-electron chi connectivity index (χ0n) is 20.8. The Labute approximate surface area is 225 Å². The lowest BCUT2D eigenvalue weighted by molar-refractivity contribution is -0.131. The van der Waals surface area contributed by atoms with Crippen LogP contribution in [0.5, 0.6) is 5.75 Å². The number of rotatable bonds is 8. The van der Waals surface area contributed by atoms with Gasteiger partial charge in [-0.05, 0) is 72.0 Å². The Morgan fingerprint density at radius 1 is 0.872 bits per heavy atom. The Bertz CT molecular complexity index is 1540. The van der Waals surface area contributed by atoms with Crippen molar-refractivity contribution in [1.29, 1.82) is 0 Å². The summed E-state index contributed by atoms with van der Waals surface area (Å²) in [5.41, 5.74) is 2.85. The van der Waals surface area contributed by atoms with E-state index in [9.17, 15) is 33.7 Å². The fourth-order valence-electron chi connectivity index (χ4n) is 5.09. The number of aliphatic hydroxyl groups excluding tert-OH is 1. The molecule has 0 spiro atoms. The minimum absolute atomic E-state index is 0.0587. The quantitative estimate of drug-likeness (QED) is 0.178. The zero-order chi connectivity index (χ0) is 27.7. The first-order chi connectivity index (χ1) is 18.6. The summed E-state index contributed by atoms with van der Waals surface area (Å²) in [5.74, 6) is -1.09. The predicted octanol–water partition coefficient (Wildman–Crippen LogP) is 5.22. The monoisotopic (exact) mass is 547 g/mol. The molecule has 1 saturated heterocycles. The van der Waals surface area contributed by atoms with E-state index in [-0.39, 0.29) is 23.4 Å². The van der Waals surface area contributed by atoms with Gasteiger partial charge in [0.1, 0.15) is 11.6 Å². The molecule has 4 aromatic rings. The van der Waals surface area contributed by atoms with Crippen LogP contribution in [0.3, 0.4) is 0 Å². The number of para-hydroxylation sites is 1. The van der Waals surface area contributed by atoms with Gasteiger partial charge >= 0.3 is 7.60 Å². The standard InChI is InChI=1S/C30H27FNO6P/c31-22-12-9-19(10-13-22)27(33)16-15-26-29(32(30(26)35)23-6-2-1-3-7-23)25-14-11-21(18-28(25)34)20-5-4-8-24(17-20)39(36,37)38/h1-14,17-18,26-27,29,33-34H,15-16H2,(H2,36,37,38). The highest BCUT2D eigenvalue weighted by Gasteiger charge is 2.49. The van der Waals surface area contributed by atoms with E-state index in [1.165, 1.54) is 42.5 Å².